The minimum Gasteiger partial charge on any atom is -0.379 e. The average Bonchev–Trinajstić information content (AvgIpc) is 3.34. The van der Waals surface area contributed by atoms with Gasteiger partial charge in [-0.2, -0.15) is 0 Å². The minimum atomic E-state index is 0. The Balaban J connectivity index is 0.00000272. The fraction of sp³-hybridized carbons (Fsp3) is 0.696. The van der Waals surface area contributed by atoms with E-state index in [0.29, 0.717) is 6.54 Å². The lowest BCUT2D eigenvalue weighted by Crippen LogP contribution is -2.53. The van der Waals surface area contributed by atoms with Crippen LogP contribution in [0.15, 0.2) is 29.3 Å². The molecule has 2 unspecified atom stereocenters. The van der Waals surface area contributed by atoms with Crippen LogP contribution >= 0.6 is 24.0 Å². The summed E-state index contributed by atoms with van der Waals surface area (Å²) in [6.45, 7) is 11.7. The number of guanidine groups is 1. The highest BCUT2D eigenvalue weighted by Crippen LogP contribution is 2.21. The van der Waals surface area contributed by atoms with Crippen LogP contribution in [0.3, 0.4) is 0 Å². The highest BCUT2D eigenvalue weighted by Gasteiger charge is 2.32. The summed E-state index contributed by atoms with van der Waals surface area (Å²) in [6.07, 6.45) is 2.61. The molecule has 1 aromatic rings. The van der Waals surface area contributed by atoms with Crippen LogP contribution < -0.4 is 5.32 Å². The zero-order valence-corrected chi connectivity index (χ0v) is 21.0. The predicted molar refractivity (Wildman–Crippen MR) is 133 cm³/mol. The highest BCUT2D eigenvalue weighted by atomic mass is 127. The first kappa shape index (κ1) is 24.7. The summed E-state index contributed by atoms with van der Waals surface area (Å²) in [6, 6.07) is 8.87. The standard InChI is InChI=1S/C23H36N4O3.HI/c1-2-24-23(27-11-15-30-22(18-27)21-4-3-12-29-21)25-16-19-5-7-20(8-6-19)17-26-9-13-28-14-10-26;/h5-8,21-22H,2-4,9-18H2,1H3,(H,24,25);1H. The molecule has 0 spiro atoms. The highest BCUT2D eigenvalue weighted by molar-refractivity contribution is 14.0. The van der Waals surface area contributed by atoms with E-state index in [2.05, 4.69) is 46.3 Å². The number of aliphatic imine (C=N–C) groups is 1. The topological polar surface area (TPSA) is 58.6 Å². The third kappa shape index (κ3) is 7.28. The third-order valence-electron chi connectivity index (χ3n) is 6.05. The maximum Gasteiger partial charge on any atom is 0.194 e. The van der Waals surface area contributed by atoms with Crippen LogP contribution in [0.1, 0.15) is 30.9 Å². The van der Waals surface area contributed by atoms with E-state index in [-0.39, 0.29) is 36.2 Å². The average molecular weight is 544 g/mol. The molecule has 0 aliphatic carbocycles. The van der Waals surface area contributed by atoms with Gasteiger partial charge in [0.25, 0.3) is 0 Å². The smallest absolute Gasteiger partial charge is 0.194 e. The van der Waals surface area contributed by atoms with Gasteiger partial charge in [-0.15, -0.1) is 24.0 Å². The summed E-state index contributed by atoms with van der Waals surface area (Å²) in [5.41, 5.74) is 2.59. The zero-order chi connectivity index (χ0) is 20.6. The lowest BCUT2D eigenvalue weighted by Gasteiger charge is -2.37. The molecule has 0 aromatic heterocycles. The van der Waals surface area contributed by atoms with E-state index in [0.717, 1.165) is 84.5 Å². The van der Waals surface area contributed by atoms with Gasteiger partial charge < -0.3 is 24.4 Å². The van der Waals surface area contributed by atoms with Gasteiger partial charge in [0.1, 0.15) is 6.10 Å². The van der Waals surface area contributed by atoms with Crippen molar-refractivity contribution in [3.8, 4) is 0 Å². The first-order valence-electron chi connectivity index (χ1n) is 11.5. The molecule has 2 atom stereocenters. The van der Waals surface area contributed by atoms with E-state index < -0.39 is 0 Å². The molecule has 0 bridgehead atoms. The quantitative estimate of drug-likeness (QED) is 0.338. The zero-order valence-electron chi connectivity index (χ0n) is 18.6. The van der Waals surface area contributed by atoms with Gasteiger partial charge in [-0.3, -0.25) is 4.90 Å². The van der Waals surface area contributed by atoms with E-state index in [4.69, 9.17) is 19.2 Å². The lowest BCUT2D eigenvalue weighted by molar-refractivity contribution is -0.0817. The van der Waals surface area contributed by atoms with Crippen molar-refractivity contribution in [3.63, 3.8) is 0 Å². The summed E-state index contributed by atoms with van der Waals surface area (Å²) in [5, 5.41) is 3.46. The van der Waals surface area contributed by atoms with E-state index in [1.807, 2.05) is 0 Å². The Kier molecular flexibility index (Phi) is 10.3. The molecule has 8 heteroatoms. The molecular formula is C23H37IN4O3. The van der Waals surface area contributed by atoms with E-state index in [9.17, 15) is 0 Å². The van der Waals surface area contributed by atoms with Crippen LogP contribution in [-0.2, 0) is 27.3 Å². The number of hydrogen-bond acceptors (Lipinski definition) is 5. The van der Waals surface area contributed by atoms with Gasteiger partial charge in [0.2, 0.25) is 0 Å². The molecule has 1 N–H and O–H groups in total. The Bertz CT molecular complexity index is 676. The Hall–Kier alpha value is -0.940. The largest absolute Gasteiger partial charge is 0.379 e. The van der Waals surface area contributed by atoms with Gasteiger partial charge >= 0.3 is 0 Å². The van der Waals surface area contributed by atoms with Gasteiger partial charge in [0.05, 0.1) is 32.5 Å². The van der Waals surface area contributed by atoms with Crippen LogP contribution in [0, 0.1) is 0 Å². The second-order valence-electron chi connectivity index (χ2n) is 8.28. The fourth-order valence-corrected chi connectivity index (χ4v) is 4.35. The first-order chi connectivity index (χ1) is 14.8. The number of nitrogens with zero attached hydrogens (tertiary/aromatic N) is 3. The fourth-order valence-electron chi connectivity index (χ4n) is 4.35. The van der Waals surface area contributed by atoms with Crippen molar-refractivity contribution in [2.45, 2.75) is 45.1 Å². The second kappa shape index (κ2) is 12.9. The molecule has 0 saturated carbocycles. The van der Waals surface area contributed by atoms with Crippen molar-refractivity contribution in [3.05, 3.63) is 35.4 Å². The van der Waals surface area contributed by atoms with Crippen molar-refractivity contribution in [2.24, 2.45) is 4.99 Å². The monoisotopic (exact) mass is 544 g/mol. The summed E-state index contributed by atoms with van der Waals surface area (Å²) < 4.78 is 17.3. The molecule has 31 heavy (non-hydrogen) atoms. The number of halogens is 1. The molecule has 7 nitrogen and oxygen atoms in total. The molecule has 0 amide bonds. The van der Waals surface area contributed by atoms with Gasteiger partial charge in [0.15, 0.2) is 5.96 Å². The molecule has 3 aliphatic rings. The number of ether oxygens (including phenoxy) is 3. The summed E-state index contributed by atoms with van der Waals surface area (Å²) in [7, 11) is 0. The Morgan fingerprint density at radius 3 is 2.45 bits per heavy atom. The molecule has 3 saturated heterocycles. The molecule has 1 aromatic carbocycles. The molecule has 3 aliphatic heterocycles. The molecule has 3 heterocycles. The van der Waals surface area contributed by atoms with Crippen molar-refractivity contribution in [1.82, 2.24) is 15.1 Å². The SMILES string of the molecule is CCNC(=NCc1ccc(CN2CCOCC2)cc1)N1CCOC(C2CCCO2)C1.I. The number of nitrogens with one attached hydrogen (secondary N) is 1. The van der Waals surface area contributed by atoms with Gasteiger partial charge in [0, 0.05) is 45.9 Å². The Labute approximate surface area is 203 Å². The van der Waals surface area contributed by atoms with E-state index in [1.54, 1.807) is 0 Å². The molecule has 174 valence electrons. The van der Waals surface area contributed by atoms with Crippen LogP contribution in [0.4, 0.5) is 0 Å². The summed E-state index contributed by atoms with van der Waals surface area (Å²) >= 11 is 0. The number of benzene rings is 1. The van der Waals surface area contributed by atoms with Crippen molar-refractivity contribution < 1.29 is 14.2 Å². The number of morpholine rings is 2. The third-order valence-corrected chi connectivity index (χ3v) is 6.05. The lowest BCUT2D eigenvalue weighted by atomic mass is 10.1. The van der Waals surface area contributed by atoms with Crippen LogP contribution in [0.25, 0.3) is 0 Å². The summed E-state index contributed by atoms with van der Waals surface area (Å²) in [4.78, 5) is 9.69. The number of rotatable bonds is 6. The predicted octanol–water partition coefficient (Wildman–Crippen LogP) is 2.48. The maximum absolute atomic E-state index is 6.00. The normalized spacial score (nSPS) is 25.3. The van der Waals surface area contributed by atoms with Gasteiger partial charge in [-0.25, -0.2) is 4.99 Å². The van der Waals surface area contributed by atoms with Crippen molar-refractivity contribution in [1.29, 1.82) is 0 Å². The molecule has 3 fully saturated rings. The van der Waals surface area contributed by atoms with Crippen LogP contribution in [0.5, 0.6) is 0 Å². The summed E-state index contributed by atoms with van der Waals surface area (Å²) in [5.74, 6) is 0.973. The number of hydrogen-bond donors (Lipinski definition) is 1. The van der Waals surface area contributed by atoms with E-state index in [1.165, 1.54) is 11.1 Å². The van der Waals surface area contributed by atoms with E-state index >= 15 is 0 Å². The Morgan fingerprint density at radius 1 is 1.00 bits per heavy atom. The maximum atomic E-state index is 6.00. The van der Waals surface area contributed by atoms with Crippen molar-refractivity contribution >= 4 is 29.9 Å². The molecule has 0 radical (unpaired) electrons. The second-order valence-corrected chi connectivity index (χ2v) is 8.28. The van der Waals surface area contributed by atoms with Crippen molar-refractivity contribution in [2.75, 3.05) is 59.2 Å². The first-order valence-corrected chi connectivity index (χ1v) is 11.5. The van der Waals surface area contributed by atoms with Gasteiger partial charge in [-0.05, 0) is 30.9 Å². The Morgan fingerprint density at radius 2 is 1.74 bits per heavy atom. The molecular weight excluding hydrogens is 507 g/mol. The van der Waals surface area contributed by atoms with Crippen LogP contribution in [0.2, 0.25) is 0 Å². The van der Waals surface area contributed by atoms with Crippen LogP contribution in [-0.4, -0.2) is 87.1 Å². The van der Waals surface area contributed by atoms with Gasteiger partial charge in [-0.1, -0.05) is 24.3 Å². The minimum absolute atomic E-state index is 0. The molecule has 4 rings (SSSR count).